The molecule has 0 bridgehead atoms. The molecule has 5 heteroatoms. The molecule has 0 amide bonds. The van der Waals surface area contributed by atoms with Gasteiger partial charge in [-0.05, 0) is 49.4 Å². The second kappa shape index (κ2) is 5.52. The molecule has 0 N–H and O–H groups in total. The molecule has 0 fully saturated rings. The normalized spacial score (nSPS) is 10.7. The largest absolute Gasteiger partial charge is 0.497 e. The Hall–Kier alpha value is -2.82. The molecule has 0 aliphatic heterocycles. The molecule has 0 saturated carbocycles. The Kier molecular flexibility index (Phi) is 3.55. The van der Waals surface area contributed by atoms with Gasteiger partial charge in [-0.25, -0.2) is 9.78 Å². The third kappa shape index (κ3) is 2.53. The lowest BCUT2D eigenvalue weighted by molar-refractivity contribution is 0.0735. The van der Waals surface area contributed by atoms with E-state index in [4.69, 9.17) is 9.47 Å². The predicted molar refractivity (Wildman–Crippen MR) is 83.4 cm³/mol. The summed E-state index contributed by atoms with van der Waals surface area (Å²) in [5, 5.41) is 0. The summed E-state index contributed by atoms with van der Waals surface area (Å²) in [6.45, 7) is 1.93. The van der Waals surface area contributed by atoms with E-state index in [9.17, 15) is 4.79 Å². The summed E-state index contributed by atoms with van der Waals surface area (Å²) in [4.78, 5) is 16.6. The first-order valence-corrected chi connectivity index (χ1v) is 6.88. The Morgan fingerprint density at radius 1 is 1.09 bits per heavy atom. The topological polar surface area (TPSA) is 53.4 Å². The van der Waals surface area contributed by atoms with Crippen LogP contribution >= 0.6 is 0 Å². The van der Waals surface area contributed by atoms with E-state index in [0.717, 1.165) is 16.9 Å². The zero-order valence-electron chi connectivity index (χ0n) is 12.7. The summed E-state index contributed by atoms with van der Waals surface area (Å²) in [6.07, 6.45) is 0. The monoisotopic (exact) mass is 296 g/mol. The molecular formula is C17H16N2O3. The highest BCUT2D eigenvalue weighted by atomic mass is 16.5. The lowest BCUT2D eigenvalue weighted by atomic mass is 10.2. The molecule has 5 nitrogen and oxygen atoms in total. The maximum absolute atomic E-state index is 12.2. The highest BCUT2D eigenvalue weighted by molar-refractivity contribution is 5.95. The molecule has 0 atom stereocenters. The van der Waals surface area contributed by atoms with Gasteiger partial charge in [-0.1, -0.05) is 0 Å². The number of esters is 1. The first-order valence-electron chi connectivity index (χ1n) is 6.88. The zero-order valence-corrected chi connectivity index (χ0v) is 12.7. The molecule has 0 aliphatic carbocycles. The third-order valence-electron chi connectivity index (χ3n) is 3.61. The van der Waals surface area contributed by atoms with Gasteiger partial charge in [0, 0.05) is 7.05 Å². The van der Waals surface area contributed by atoms with Gasteiger partial charge in [0.05, 0.1) is 23.7 Å². The van der Waals surface area contributed by atoms with Crippen LogP contribution in [0.25, 0.3) is 11.0 Å². The quantitative estimate of drug-likeness (QED) is 0.550. The lowest BCUT2D eigenvalue weighted by Crippen LogP contribution is -2.08. The van der Waals surface area contributed by atoms with Crippen molar-refractivity contribution in [1.29, 1.82) is 0 Å². The number of carbonyl (C=O) groups is 1. The summed E-state index contributed by atoms with van der Waals surface area (Å²) < 4.78 is 12.4. The van der Waals surface area contributed by atoms with Crippen molar-refractivity contribution in [2.45, 2.75) is 6.92 Å². The van der Waals surface area contributed by atoms with E-state index in [-0.39, 0.29) is 0 Å². The van der Waals surface area contributed by atoms with Crippen LogP contribution in [0.4, 0.5) is 0 Å². The van der Waals surface area contributed by atoms with Crippen LogP contribution in [0, 0.1) is 6.92 Å². The first-order chi connectivity index (χ1) is 10.6. The lowest BCUT2D eigenvalue weighted by Gasteiger charge is -2.05. The van der Waals surface area contributed by atoms with Crippen LogP contribution in [0.2, 0.25) is 0 Å². The number of benzene rings is 2. The minimum atomic E-state index is -0.407. The Morgan fingerprint density at radius 3 is 2.45 bits per heavy atom. The van der Waals surface area contributed by atoms with Crippen LogP contribution in [0.1, 0.15) is 16.2 Å². The van der Waals surface area contributed by atoms with Gasteiger partial charge in [0.2, 0.25) is 0 Å². The van der Waals surface area contributed by atoms with Crippen molar-refractivity contribution in [3.63, 3.8) is 0 Å². The summed E-state index contributed by atoms with van der Waals surface area (Å²) >= 11 is 0. The first kappa shape index (κ1) is 14.1. The average Bonchev–Trinajstić information content (AvgIpc) is 2.82. The molecule has 0 unspecified atom stereocenters. The molecule has 0 spiro atoms. The Morgan fingerprint density at radius 2 is 1.77 bits per heavy atom. The minimum absolute atomic E-state index is 0.407. The molecule has 1 aromatic heterocycles. The van der Waals surface area contributed by atoms with Crippen molar-refractivity contribution in [2.75, 3.05) is 7.11 Å². The molecule has 0 saturated heterocycles. The SMILES string of the molecule is COc1ccc(OC(=O)c2ccc3c(c2)nc(C)n3C)cc1. The van der Waals surface area contributed by atoms with Crippen LogP contribution in [-0.4, -0.2) is 22.6 Å². The number of aryl methyl sites for hydroxylation is 2. The number of hydrogen-bond donors (Lipinski definition) is 0. The summed E-state index contributed by atoms with van der Waals surface area (Å²) in [5.74, 6) is 1.68. The fourth-order valence-electron chi connectivity index (χ4n) is 2.26. The zero-order chi connectivity index (χ0) is 15.7. The fraction of sp³-hybridized carbons (Fsp3) is 0.176. The Labute approximate surface area is 128 Å². The smallest absolute Gasteiger partial charge is 0.343 e. The van der Waals surface area contributed by atoms with Gasteiger partial charge in [-0.2, -0.15) is 0 Å². The molecule has 2 aromatic carbocycles. The van der Waals surface area contributed by atoms with Crippen LogP contribution in [0.3, 0.4) is 0 Å². The highest BCUT2D eigenvalue weighted by Crippen LogP contribution is 2.20. The number of rotatable bonds is 3. The van der Waals surface area contributed by atoms with Gasteiger partial charge in [0.25, 0.3) is 0 Å². The van der Waals surface area contributed by atoms with E-state index in [2.05, 4.69) is 4.98 Å². The van der Waals surface area contributed by atoms with Crippen molar-refractivity contribution in [3.8, 4) is 11.5 Å². The molecule has 3 rings (SSSR count). The van der Waals surface area contributed by atoms with Crippen LogP contribution < -0.4 is 9.47 Å². The van der Waals surface area contributed by atoms with Gasteiger partial charge >= 0.3 is 5.97 Å². The predicted octanol–water partition coefficient (Wildman–Crippen LogP) is 3.11. The van der Waals surface area contributed by atoms with Gasteiger partial charge in [0.15, 0.2) is 0 Å². The average molecular weight is 296 g/mol. The number of aromatic nitrogens is 2. The number of ether oxygens (including phenoxy) is 2. The highest BCUT2D eigenvalue weighted by Gasteiger charge is 2.12. The second-order valence-corrected chi connectivity index (χ2v) is 4.99. The maximum atomic E-state index is 12.2. The van der Waals surface area contributed by atoms with Crippen LogP contribution in [-0.2, 0) is 7.05 Å². The maximum Gasteiger partial charge on any atom is 0.343 e. The molecule has 1 heterocycles. The van der Waals surface area contributed by atoms with E-state index in [1.807, 2.05) is 24.6 Å². The van der Waals surface area contributed by atoms with Crippen molar-refractivity contribution >= 4 is 17.0 Å². The summed E-state index contributed by atoms with van der Waals surface area (Å²) in [7, 11) is 3.53. The van der Waals surface area contributed by atoms with Crippen molar-refractivity contribution in [3.05, 3.63) is 53.9 Å². The minimum Gasteiger partial charge on any atom is -0.497 e. The Balaban J connectivity index is 1.84. The number of methoxy groups -OCH3 is 1. The number of imidazole rings is 1. The van der Waals surface area contributed by atoms with Crippen molar-refractivity contribution in [1.82, 2.24) is 9.55 Å². The Bertz CT molecular complexity index is 835. The molecule has 0 aliphatic rings. The molecule has 3 aromatic rings. The summed E-state index contributed by atoms with van der Waals surface area (Å²) in [6, 6.07) is 12.2. The molecule has 112 valence electrons. The number of hydrogen-bond acceptors (Lipinski definition) is 4. The van der Waals surface area contributed by atoms with E-state index in [1.165, 1.54) is 0 Å². The van der Waals surface area contributed by atoms with E-state index < -0.39 is 5.97 Å². The molecule has 0 radical (unpaired) electrons. The standard InChI is InChI=1S/C17H16N2O3/c1-11-18-15-10-12(4-9-16(15)19(11)2)17(20)22-14-7-5-13(21-3)6-8-14/h4-10H,1-3H3. The summed E-state index contributed by atoms with van der Waals surface area (Å²) in [5.41, 5.74) is 2.24. The fourth-order valence-corrected chi connectivity index (χ4v) is 2.26. The molecule has 22 heavy (non-hydrogen) atoms. The van der Waals surface area contributed by atoms with Gasteiger partial charge in [-0.3, -0.25) is 0 Å². The molecular weight excluding hydrogens is 280 g/mol. The van der Waals surface area contributed by atoms with Crippen molar-refractivity contribution in [2.24, 2.45) is 7.05 Å². The number of fused-ring (bicyclic) bond motifs is 1. The van der Waals surface area contributed by atoms with E-state index in [0.29, 0.717) is 17.1 Å². The number of carbonyl (C=O) groups excluding carboxylic acids is 1. The van der Waals surface area contributed by atoms with Crippen LogP contribution in [0.15, 0.2) is 42.5 Å². The van der Waals surface area contributed by atoms with Gasteiger partial charge < -0.3 is 14.0 Å². The third-order valence-corrected chi connectivity index (χ3v) is 3.61. The van der Waals surface area contributed by atoms with E-state index >= 15 is 0 Å². The number of nitrogens with zero attached hydrogens (tertiary/aromatic N) is 2. The van der Waals surface area contributed by atoms with Gasteiger partial charge in [0.1, 0.15) is 17.3 Å². The second-order valence-electron chi connectivity index (χ2n) is 4.99. The van der Waals surface area contributed by atoms with Gasteiger partial charge in [-0.15, -0.1) is 0 Å². The van der Waals surface area contributed by atoms with Crippen molar-refractivity contribution < 1.29 is 14.3 Å². The van der Waals surface area contributed by atoms with Crippen LogP contribution in [0.5, 0.6) is 11.5 Å². The van der Waals surface area contributed by atoms with E-state index in [1.54, 1.807) is 43.5 Å².